The minimum Gasteiger partial charge on any atom is -0.366 e. The summed E-state index contributed by atoms with van der Waals surface area (Å²) in [7, 11) is 0. The molecule has 1 aromatic heterocycles. The first-order valence-corrected chi connectivity index (χ1v) is 6.03. The Kier molecular flexibility index (Phi) is 2.76. The molecule has 0 saturated carbocycles. The zero-order valence-electron chi connectivity index (χ0n) is 10.3. The van der Waals surface area contributed by atoms with Gasteiger partial charge in [-0.2, -0.15) is 5.10 Å². The topological polar surface area (TPSA) is 60.9 Å². The minimum absolute atomic E-state index is 0.410. The Morgan fingerprint density at radius 1 is 1.16 bits per heavy atom. The van der Waals surface area contributed by atoms with Gasteiger partial charge < -0.3 is 5.73 Å². The van der Waals surface area contributed by atoms with Crippen molar-refractivity contribution in [3.8, 4) is 0 Å². The number of amides is 1. The van der Waals surface area contributed by atoms with Crippen molar-refractivity contribution >= 4 is 16.8 Å². The standard InChI is InChI=1S/C15H13N3O/c16-15(19)12-6-3-4-11(8-12)10-18-14-7-2-1-5-13(14)9-17-18/h1-9H,10H2,(H2,16,19). The molecule has 0 fully saturated rings. The molecule has 0 aliphatic heterocycles. The highest BCUT2D eigenvalue weighted by Gasteiger charge is 2.05. The Labute approximate surface area is 110 Å². The number of nitrogens with two attached hydrogens (primary N) is 1. The smallest absolute Gasteiger partial charge is 0.248 e. The second-order valence-electron chi connectivity index (χ2n) is 4.43. The highest BCUT2D eigenvalue weighted by molar-refractivity contribution is 5.92. The molecule has 0 unspecified atom stereocenters. The molecule has 94 valence electrons. The fraction of sp³-hybridized carbons (Fsp3) is 0.0667. The normalized spacial score (nSPS) is 10.7. The molecule has 0 aliphatic carbocycles. The summed E-state index contributed by atoms with van der Waals surface area (Å²) < 4.78 is 1.91. The second kappa shape index (κ2) is 4.57. The average Bonchev–Trinajstić information content (AvgIpc) is 2.83. The van der Waals surface area contributed by atoms with E-state index in [4.69, 9.17) is 5.73 Å². The molecule has 3 aromatic rings. The van der Waals surface area contributed by atoms with Gasteiger partial charge in [-0.1, -0.05) is 30.3 Å². The van der Waals surface area contributed by atoms with Crippen LogP contribution in [0.5, 0.6) is 0 Å². The van der Waals surface area contributed by atoms with Crippen molar-refractivity contribution in [2.75, 3.05) is 0 Å². The molecule has 0 atom stereocenters. The van der Waals surface area contributed by atoms with E-state index in [-0.39, 0.29) is 0 Å². The van der Waals surface area contributed by atoms with Gasteiger partial charge in [0.25, 0.3) is 0 Å². The molecule has 4 nitrogen and oxygen atoms in total. The third-order valence-corrected chi connectivity index (χ3v) is 3.09. The third kappa shape index (κ3) is 2.20. The maximum atomic E-state index is 11.2. The van der Waals surface area contributed by atoms with Gasteiger partial charge in [-0.15, -0.1) is 0 Å². The van der Waals surface area contributed by atoms with Crippen LogP contribution in [-0.2, 0) is 6.54 Å². The number of nitrogens with zero attached hydrogens (tertiary/aromatic N) is 2. The molecule has 1 amide bonds. The van der Waals surface area contributed by atoms with Crippen LogP contribution in [0.2, 0.25) is 0 Å². The van der Waals surface area contributed by atoms with Gasteiger partial charge in [0.15, 0.2) is 0 Å². The van der Waals surface area contributed by atoms with Crippen LogP contribution >= 0.6 is 0 Å². The number of carbonyl (C=O) groups excluding carboxylic acids is 1. The van der Waals surface area contributed by atoms with Crippen LogP contribution in [0.15, 0.2) is 54.7 Å². The maximum absolute atomic E-state index is 11.2. The van der Waals surface area contributed by atoms with E-state index < -0.39 is 5.91 Å². The lowest BCUT2D eigenvalue weighted by molar-refractivity contribution is 0.1000. The van der Waals surface area contributed by atoms with Crippen molar-refractivity contribution in [3.05, 3.63) is 65.9 Å². The summed E-state index contributed by atoms with van der Waals surface area (Å²) >= 11 is 0. The van der Waals surface area contributed by atoms with Gasteiger partial charge in [0.1, 0.15) is 0 Å². The van der Waals surface area contributed by atoms with E-state index in [1.807, 2.05) is 47.3 Å². The summed E-state index contributed by atoms with van der Waals surface area (Å²) in [6.45, 7) is 0.620. The molecule has 4 heteroatoms. The number of aromatic nitrogens is 2. The SMILES string of the molecule is NC(=O)c1cccc(Cn2ncc3ccccc32)c1. The van der Waals surface area contributed by atoms with Crippen molar-refractivity contribution in [1.29, 1.82) is 0 Å². The second-order valence-corrected chi connectivity index (χ2v) is 4.43. The van der Waals surface area contributed by atoms with Gasteiger partial charge >= 0.3 is 0 Å². The summed E-state index contributed by atoms with van der Waals surface area (Å²) in [5.41, 5.74) is 7.89. The van der Waals surface area contributed by atoms with Gasteiger partial charge in [-0.3, -0.25) is 9.48 Å². The van der Waals surface area contributed by atoms with Crippen LogP contribution in [0.3, 0.4) is 0 Å². The first-order chi connectivity index (χ1) is 9.24. The number of hydrogen-bond acceptors (Lipinski definition) is 2. The molecule has 2 N–H and O–H groups in total. The van der Waals surface area contributed by atoms with Crippen LogP contribution in [0.25, 0.3) is 10.9 Å². The monoisotopic (exact) mass is 251 g/mol. The maximum Gasteiger partial charge on any atom is 0.248 e. The molecule has 1 heterocycles. The van der Waals surface area contributed by atoms with Crippen molar-refractivity contribution in [2.45, 2.75) is 6.54 Å². The Hall–Kier alpha value is -2.62. The molecule has 19 heavy (non-hydrogen) atoms. The first kappa shape index (κ1) is 11.5. The van der Waals surface area contributed by atoms with Crippen molar-refractivity contribution in [3.63, 3.8) is 0 Å². The number of primary amides is 1. The van der Waals surface area contributed by atoms with Crippen LogP contribution in [0.4, 0.5) is 0 Å². The summed E-state index contributed by atoms with van der Waals surface area (Å²) in [6.07, 6.45) is 1.84. The Morgan fingerprint density at radius 3 is 2.84 bits per heavy atom. The highest BCUT2D eigenvalue weighted by Crippen LogP contribution is 2.15. The fourth-order valence-corrected chi connectivity index (χ4v) is 2.15. The molecular weight excluding hydrogens is 238 g/mol. The van der Waals surface area contributed by atoms with Gasteiger partial charge in [0.05, 0.1) is 18.3 Å². The van der Waals surface area contributed by atoms with E-state index >= 15 is 0 Å². The van der Waals surface area contributed by atoms with Gasteiger partial charge in [-0.25, -0.2) is 0 Å². The number of carbonyl (C=O) groups is 1. The summed E-state index contributed by atoms with van der Waals surface area (Å²) in [4.78, 5) is 11.2. The Balaban J connectivity index is 1.97. The fourth-order valence-electron chi connectivity index (χ4n) is 2.15. The molecule has 0 radical (unpaired) electrons. The van der Waals surface area contributed by atoms with E-state index in [1.165, 1.54) is 0 Å². The molecule has 0 bridgehead atoms. The number of fused-ring (bicyclic) bond motifs is 1. The highest BCUT2D eigenvalue weighted by atomic mass is 16.1. The van der Waals surface area contributed by atoms with Crippen LogP contribution < -0.4 is 5.73 Å². The predicted octanol–water partition coefficient (Wildman–Crippen LogP) is 2.18. The van der Waals surface area contributed by atoms with Gasteiger partial charge in [0.2, 0.25) is 5.91 Å². The van der Waals surface area contributed by atoms with E-state index in [2.05, 4.69) is 5.10 Å². The van der Waals surface area contributed by atoms with E-state index in [9.17, 15) is 4.79 Å². The third-order valence-electron chi connectivity index (χ3n) is 3.09. The van der Waals surface area contributed by atoms with Gasteiger partial charge in [-0.05, 0) is 23.8 Å². The van der Waals surface area contributed by atoms with Crippen molar-refractivity contribution in [1.82, 2.24) is 9.78 Å². The predicted molar refractivity (Wildman–Crippen MR) is 73.8 cm³/mol. The summed E-state index contributed by atoms with van der Waals surface area (Å²) in [5, 5.41) is 5.47. The van der Waals surface area contributed by atoms with Crippen LogP contribution in [0, 0.1) is 0 Å². The quantitative estimate of drug-likeness (QED) is 0.775. The Bertz CT molecular complexity index is 746. The van der Waals surface area contributed by atoms with Gasteiger partial charge in [0, 0.05) is 10.9 Å². The van der Waals surface area contributed by atoms with Crippen molar-refractivity contribution < 1.29 is 4.79 Å². The zero-order chi connectivity index (χ0) is 13.2. The lowest BCUT2D eigenvalue weighted by Gasteiger charge is -2.05. The zero-order valence-corrected chi connectivity index (χ0v) is 10.3. The average molecular weight is 251 g/mol. The van der Waals surface area contributed by atoms with Crippen molar-refractivity contribution in [2.24, 2.45) is 5.73 Å². The number of rotatable bonds is 3. The molecule has 0 aliphatic rings. The van der Waals surface area contributed by atoms with Crippen LogP contribution in [0.1, 0.15) is 15.9 Å². The molecule has 2 aromatic carbocycles. The lowest BCUT2D eigenvalue weighted by Crippen LogP contribution is -2.11. The first-order valence-electron chi connectivity index (χ1n) is 6.03. The number of benzene rings is 2. The number of para-hydroxylation sites is 1. The van der Waals surface area contributed by atoms with Crippen LogP contribution in [-0.4, -0.2) is 15.7 Å². The molecule has 0 spiro atoms. The van der Waals surface area contributed by atoms with E-state index in [0.29, 0.717) is 12.1 Å². The Morgan fingerprint density at radius 2 is 2.00 bits per heavy atom. The largest absolute Gasteiger partial charge is 0.366 e. The molecule has 0 saturated heterocycles. The molecule has 3 rings (SSSR count). The van der Waals surface area contributed by atoms with E-state index in [1.54, 1.807) is 12.1 Å². The molecular formula is C15H13N3O. The number of hydrogen-bond donors (Lipinski definition) is 1. The van der Waals surface area contributed by atoms with E-state index in [0.717, 1.165) is 16.5 Å². The summed E-state index contributed by atoms with van der Waals surface area (Å²) in [5.74, 6) is -0.410. The lowest BCUT2D eigenvalue weighted by atomic mass is 10.1. The summed E-state index contributed by atoms with van der Waals surface area (Å²) in [6, 6.07) is 15.3. The minimum atomic E-state index is -0.410.